The molecule has 1 aliphatic rings. The summed E-state index contributed by atoms with van der Waals surface area (Å²) in [6, 6.07) is 12.3. The van der Waals surface area contributed by atoms with Crippen molar-refractivity contribution >= 4 is 15.7 Å². The van der Waals surface area contributed by atoms with Crippen LogP contribution in [0, 0.1) is 0 Å². The Morgan fingerprint density at radius 3 is 2.53 bits per heavy atom. The summed E-state index contributed by atoms with van der Waals surface area (Å²) >= 11 is 0. The third-order valence-corrected chi connectivity index (χ3v) is 6.63. The Balaban J connectivity index is 1.49. The van der Waals surface area contributed by atoms with Crippen LogP contribution in [0.1, 0.15) is 11.9 Å². The van der Waals surface area contributed by atoms with Gasteiger partial charge in [0.25, 0.3) is 21.6 Å². The molecule has 1 fully saturated rings. The van der Waals surface area contributed by atoms with Crippen molar-refractivity contribution in [3.8, 4) is 17.1 Å². The highest BCUT2D eigenvalue weighted by atomic mass is 32.2. The van der Waals surface area contributed by atoms with Gasteiger partial charge in [-0.3, -0.25) is 4.79 Å². The Bertz CT molecular complexity index is 1250. The fourth-order valence-electron chi connectivity index (χ4n) is 3.37. The maximum atomic E-state index is 12.8. The number of hydrogen-bond acceptors (Lipinski definition) is 8. The van der Waals surface area contributed by atoms with Gasteiger partial charge in [-0.1, -0.05) is 23.4 Å². The molecule has 0 spiro atoms. The molecule has 1 unspecified atom stereocenters. The van der Waals surface area contributed by atoms with Crippen LogP contribution < -0.4 is 10.1 Å². The highest BCUT2D eigenvalue weighted by Crippen LogP contribution is 2.31. The van der Waals surface area contributed by atoms with Crippen molar-refractivity contribution in [1.82, 2.24) is 20.4 Å². The summed E-state index contributed by atoms with van der Waals surface area (Å²) in [6.45, 7) is 1.10. The van der Waals surface area contributed by atoms with Crippen LogP contribution >= 0.6 is 0 Å². The predicted octanol–water partition coefficient (Wildman–Crippen LogP) is 2.58. The standard InChI is InChI=1S/C21H19F3N4O5S/c22-21(23,24)34(30,31)16-8-6-14(7-9-16)19-26-20(33-27-19)17-12-25-10-11-28(17)18(29)13-32-15-4-2-1-3-5-15/h1-9,17,25H,10-13H2. The minimum absolute atomic E-state index is 0.0458. The molecule has 1 atom stereocenters. The fourth-order valence-corrected chi connectivity index (χ4v) is 4.13. The normalized spacial score (nSPS) is 16.9. The van der Waals surface area contributed by atoms with Gasteiger partial charge in [0.2, 0.25) is 5.82 Å². The molecule has 1 N–H and O–H groups in total. The second-order valence-electron chi connectivity index (χ2n) is 7.34. The van der Waals surface area contributed by atoms with E-state index in [4.69, 9.17) is 9.26 Å². The van der Waals surface area contributed by atoms with Crippen LogP contribution in [-0.4, -0.2) is 61.1 Å². The number of ether oxygens (including phenoxy) is 1. The van der Waals surface area contributed by atoms with Gasteiger partial charge < -0.3 is 19.5 Å². The number of nitrogens with one attached hydrogen (secondary N) is 1. The molecule has 0 aliphatic carbocycles. The molecule has 0 radical (unpaired) electrons. The number of para-hydroxylation sites is 1. The number of hydrogen-bond donors (Lipinski definition) is 1. The maximum absolute atomic E-state index is 12.8. The molecule has 1 amide bonds. The number of alkyl halides is 3. The Morgan fingerprint density at radius 1 is 1.15 bits per heavy atom. The molecule has 1 saturated heterocycles. The highest BCUT2D eigenvalue weighted by Gasteiger charge is 2.46. The van der Waals surface area contributed by atoms with E-state index >= 15 is 0 Å². The van der Waals surface area contributed by atoms with Crippen molar-refractivity contribution < 1.29 is 35.6 Å². The number of carbonyl (C=O) groups excluding carboxylic acids is 1. The Labute approximate surface area is 192 Å². The number of carbonyl (C=O) groups is 1. The van der Waals surface area contributed by atoms with Gasteiger partial charge in [-0.05, 0) is 36.4 Å². The number of rotatable bonds is 6. The zero-order chi connectivity index (χ0) is 24.3. The smallest absolute Gasteiger partial charge is 0.484 e. The third kappa shape index (κ3) is 4.89. The maximum Gasteiger partial charge on any atom is 0.501 e. The van der Waals surface area contributed by atoms with Crippen LogP contribution in [0.15, 0.2) is 64.0 Å². The van der Waals surface area contributed by atoms with E-state index in [1.54, 1.807) is 29.2 Å². The van der Waals surface area contributed by atoms with Gasteiger partial charge in [0.1, 0.15) is 11.8 Å². The second-order valence-corrected chi connectivity index (χ2v) is 9.28. The van der Waals surface area contributed by atoms with Crippen molar-refractivity contribution in [1.29, 1.82) is 0 Å². The molecule has 34 heavy (non-hydrogen) atoms. The van der Waals surface area contributed by atoms with Gasteiger partial charge in [-0.15, -0.1) is 0 Å². The Morgan fingerprint density at radius 2 is 1.85 bits per heavy atom. The van der Waals surface area contributed by atoms with Crippen molar-refractivity contribution in [3.63, 3.8) is 0 Å². The van der Waals surface area contributed by atoms with Crippen molar-refractivity contribution in [2.24, 2.45) is 0 Å². The van der Waals surface area contributed by atoms with Gasteiger partial charge in [0.05, 0.1) is 4.90 Å². The minimum Gasteiger partial charge on any atom is -0.484 e. The number of amides is 1. The summed E-state index contributed by atoms with van der Waals surface area (Å²) in [4.78, 5) is 17.7. The molecular formula is C21H19F3N4O5S. The average molecular weight is 496 g/mol. The highest BCUT2D eigenvalue weighted by molar-refractivity contribution is 7.92. The van der Waals surface area contributed by atoms with Crippen LogP contribution in [0.3, 0.4) is 0 Å². The summed E-state index contributed by atoms with van der Waals surface area (Å²) in [5.74, 6) is 0.446. The zero-order valence-corrected chi connectivity index (χ0v) is 18.3. The summed E-state index contributed by atoms with van der Waals surface area (Å²) in [5, 5.41) is 6.98. The molecular weight excluding hydrogens is 477 g/mol. The summed E-state index contributed by atoms with van der Waals surface area (Å²) in [6.07, 6.45) is 0. The molecule has 2 aromatic carbocycles. The van der Waals surface area contributed by atoms with Gasteiger partial charge in [-0.2, -0.15) is 18.2 Å². The van der Waals surface area contributed by atoms with E-state index in [9.17, 15) is 26.4 Å². The van der Waals surface area contributed by atoms with Crippen molar-refractivity contribution in [2.75, 3.05) is 26.2 Å². The first-order valence-electron chi connectivity index (χ1n) is 10.1. The Hall–Kier alpha value is -3.45. The second kappa shape index (κ2) is 9.43. The SMILES string of the molecule is O=C(COc1ccccc1)N1CCNCC1c1nc(-c2ccc(S(=O)(=O)C(F)(F)F)cc2)no1. The van der Waals surface area contributed by atoms with E-state index in [1.807, 2.05) is 6.07 Å². The molecule has 13 heteroatoms. The minimum atomic E-state index is -5.46. The number of aromatic nitrogens is 2. The van der Waals surface area contributed by atoms with Crippen molar-refractivity contribution in [3.05, 3.63) is 60.5 Å². The van der Waals surface area contributed by atoms with Gasteiger partial charge >= 0.3 is 5.51 Å². The fraction of sp³-hybridized carbons (Fsp3) is 0.286. The van der Waals surface area contributed by atoms with Gasteiger partial charge in [0, 0.05) is 25.2 Å². The predicted molar refractivity (Wildman–Crippen MR) is 112 cm³/mol. The molecule has 1 aromatic heterocycles. The summed E-state index contributed by atoms with van der Waals surface area (Å²) in [7, 11) is -5.46. The average Bonchev–Trinajstić information content (AvgIpc) is 3.33. The van der Waals surface area contributed by atoms with E-state index in [0.29, 0.717) is 25.4 Å². The first-order valence-corrected chi connectivity index (χ1v) is 11.6. The van der Waals surface area contributed by atoms with Gasteiger partial charge in [-0.25, -0.2) is 8.42 Å². The molecule has 1 aliphatic heterocycles. The van der Waals surface area contributed by atoms with Gasteiger partial charge in [0.15, 0.2) is 6.61 Å². The first kappa shape index (κ1) is 23.7. The largest absolute Gasteiger partial charge is 0.501 e. The van der Waals surface area contributed by atoms with Crippen LogP contribution in [0.2, 0.25) is 0 Å². The van der Waals surface area contributed by atoms with Crippen LogP contribution in [0.4, 0.5) is 13.2 Å². The lowest BCUT2D eigenvalue weighted by Gasteiger charge is -2.33. The van der Waals surface area contributed by atoms with E-state index in [-0.39, 0.29) is 29.8 Å². The molecule has 0 bridgehead atoms. The van der Waals surface area contributed by atoms with E-state index in [1.165, 1.54) is 0 Å². The number of nitrogens with zero attached hydrogens (tertiary/aromatic N) is 3. The topological polar surface area (TPSA) is 115 Å². The molecule has 180 valence electrons. The molecule has 4 rings (SSSR count). The quantitative estimate of drug-likeness (QED) is 0.554. The van der Waals surface area contributed by atoms with Crippen LogP contribution in [0.25, 0.3) is 11.4 Å². The molecule has 2 heterocycles. The van der Waals surface area contributed by atoms with Crippen LogP contribution in [-0.2, 0) is 14.6 Å². The summed E-state index contributed by atoms with van der Waals surface area (Å²) in [5.41, 5.74) is -5.15. The first-order chi connectivity index (χ1) is 16.2. The molecule has 9 nitrogen and oxygen atoms in total. The summed E-state index contributed by atoms with van der Waals surface area (Å²) < 4.78 is 72.1. The lowest BCUT2D eigenvalue weighted by Crippen LogP contribution is -2.50. The lowest BCUT2D eigenvalue weighted by molar-refractivity contribution is -0.137. The molecule has 0 saturated carbocycles. The number of halogens is 3. The van der Waals surface area contributed by atoms with Crippen molar-refractivity contribution in [2.45, 2.75) is 16.4 Å². The zero-order valence-electron chi connectivity index (χ0n) is 17.5. The molecule has 3 aromatic rings. The van der Waals surface area contributed by atoms with E-state index in [2.05, 4.69) is 15.5 Å². The van der Waals surface area contributed by atoms with Crippen LogP contribution in [0.5, 0.6) is 5.75 Å². The lowest BCUT2D eigenvalue weighted by atomic mass is 10.2. The Kier molecular flexibility index (Phi) is 6.57. The monoisotopic (exact) mass is 496 g/mol. The number of sulfone groups is 1. The number of piperazine rings is 1. The van der Waals surface area contributed by atoms with E-state index < -0.39 is 26.3 Å². The van der Waals surface area contributed by atoms with E-state index in [0.717, 1.165) is 24.3 Å². The third-order valence-electron chi connectivity index (χ3n) is 5.12. The number of benzene rings is 2.